The van der Waals surface area contributed by atoms with Crippen molar-refractivity contribution in [2.75, 3.05) is 18.9 Å². The van der Waals surface area contributed by atoms with E-state index < -0.39 is 0 Å². The van der Waals surface area contributed by atoms with E-state index in [-0.39, 0.29) is 6.10 Å². The van der Waals surface area contributed by atoms with E-state index in [1.165, 1.54) is 6.42 Å². The van der Waals surface area contributed by atoms with Crippen molar-refractivity contribution in [3.63, 3.8) is 0 Å². The summed E-state index contributed by atoms with van der Waals surface area (Å²) in [5.41, 5.74) is 6.57. The summed E-state index contributed by atoms with van der Waals surface area (Å²) in [6.45, 7) is 1.29. The largest absolute Gasteiger partial charge is 0.489 e. The van der Waals surface area contributed by atoms with Gasteiger partial charge in [-0.15, -0.1) is 0 Å². The lowest BCUT2D eigenvalue weighted by Gasteiger charge is -2.22. The highest BCUT2D eigenvalue weighted by Gasteiger charge is 2.15. The van der Waals surface area contributed by atoms with Gasteiger partial charge >= 0.3 is 0 Å². The Morgan fingerprint density at radius 3 is 3.06 bits per heavy atom. The van der Waals surface area contributed by atoms with E-state index in [1.54, 1.807) is 18.2 Å². The number of rotatable bonds is 3. The average molecular weight is 232 g/mol. The SMILES string of the molecule is N#Cc1c(N)cccc1OCC1CCCCO1. The fraction of sp³-hybridized carbons (Fsp3) is 0.462. The molecule has 0 bridgehead atoms. The fourth-order valence-corrected chi connectivity index (χ4v) is 1.91. The third kappa shape index (κ3) is 2.89. The molecule has 90 valence electrons. The van der Waals surface area contributed by atoms with Crippen LogP contribution in [0.1, 0.15) is 24.8 Å². The molecule has 0 spiro atoms. The summed E-state index contributed by atoms with van der Waals surface area (Å²) in [6.07, 6.45) is 3.45. The zero-order valence-corrected chi connectivity index (χ0v) is 9.69. The number of benzene rings is 1. The molecule has 4 heteroatoms. The Kier molecular flexibility index (Phi) is 3.84. The maximum Gasteiger partial charge on any atom is 0.139 e. The molecule has 1 aliphatic rings. The molecule has 0 radical (unpaired) electrons. The van der Waals surface area contributed by atoms with Crippen molar-refractivity contribution in [3.8, 4) is 11.8 Å². The fourth-order valence-electron chi connectivity index (χ4n) is 1.91. The Morgan fingerprint density at radius 1 is 1.47 bits per heavy atom. The Hall–Kier alpha value is -1.73. The molecule has 0 aromatic heterocycles. The number of hydrogen-bond donors (Lipinski definition) is 1. The topological polar surface area (TPSA) is 68.3 Å². The maximum atomic E-state index is 8.99. The first kappa shape index (κ1) is 11.7. The van der Waals surface area contributed by atoms with E-state index in [2.05, 4.69) is 6.07 Å². The maximum absolute atomic E-state index is 8.99. The summed E-state index contributed by atoms with van der Waals surface area (Å²) in [4.78, 5) is 0. The molecule has 1 aromatic rings. The molecule has 0 amide bonds. The van der Waals surface area contributed by atoms with Gasteiger partial charge in [0.25, 0.3) is 0 Å². The van der Waals surface area contributed by atoms with Gasteiger partial charge in [0.1, 0.15) is 24.0 Å². The van der Waals surface area contributed by atoms with Gasteiger partial charge in [-0.2, -0.15) is 5.26 Å². The van der Waals surface area contributed by atoms with Crippen molar-refractivity contribution >= 4 is 5.69 Å². The second-order valence-corrected chi connectivity index (χ2v) is 4.13. The predicted octanol–water partition coefficient (Wildman–Crippen LogP) is 2.09. The Labute approximate surface area is 101 Å². The van der Waals surface area contributed by atoms with Crippen molar-refractivity contribution < 1.29 is 9.47 Å². The summed E-state index contributed by atoms with van der Waals surface area (Å²) in [5, 5.41) is 8.99. The van der Waals surface area contributed by atoms with Gasteiger partial charge in [-0.25, -0.2) is 0 Å². The van der Waals surface area contributed by atoms with Crippen LogP contribution in [0.5, 0.6) is 5.75 Å². The predicted molar refractivity (Wildman–Crippen MR) is 64.7 cm³/mol. The first-order valence-electron chi connectivity index (χ1n) is 5.84. The van der Waals surface area contributed by atoms with E-state index in [1.807, 2.05) is 0 Å². The summed E-state index contributed by atoms with van der Waals surface area (Å²) in [7, 11) is 0. The van der Waals surface area contributed by atoms with Gasteiger partial charge in [0.2, 0.25) is 0 Å². The van der Waals surface area contributed by atoms with Crippen LogP contribution in [0, 0.1) is 11.3 Å². The number of nitriles is 1. The highest BCUT2D eigenvalue weighted by molar-refractivity contribution is 5.60. The van der Waals surface area contributed by atoms with Gasteiger partial charge in [0.15, 0.2) is 0 Å². The zero-order chi connectivity index (χ0) is 12.1. The number of anilines is 1. The number of nitrogen functional groups attached to an aromatic ring is 1. The van der Waals surface area contributed by atoms with Gasteiger partial charge in [0.05, 0.1) is 11.8 Å². The average Bonchev–Trinajstić information content (AvgIpc) is 2.37. The zero-order valence-electron chi connectivity index (χ0n) is 9.69. The molecule has 2 N–H and O–H groups in total. The van der Waals surface area contributed by atoms with Crippen LogP contribution in [0.25, 0.3) is 0 Å². The molecule has 1 fully saturated rings. The van der Waals surface area contributed by atoms with E-state index in [0.717, 1.165) is 19.4 Å². The molecule has 1 aliphatic heterocycles. The van der Waals surface area contributed by atoms with E-state index >= 15 is 0 Å². The summed E-state index contributed by atoms with van der Waals surface area (Å²) < 4.78 is 11.2. The first-order valence-corrected chi connectivity index (χ1v) is 5.84. The third-order valence-corrected chi connectivity index (χ3v) is 2.87. The van der Waals surface area contributed by atoms with Crippen LogP contribution in [0.15, 0.2) is 18.2 Å². The summed E-state index contributed by atoms with van der Waals surface area (Å²) in [5.74, 6) is 0.543. The number of ether oxygens (including phenoxy) is 2. The molecule has 1 atom stereocenters. The Morgan fingerprint density at radius 2 is 2.35 bits per heavy atom. The lowest BCUT2D eigenvalue weighted by Crippen LogP contribution is -2.26. The number of hydrogen-bond acceptors (Lipinski definition) is 4. The second-order valence-electron chi connectivity index (χ2n) is 4.13. The minimum absolute atomic E-state index is 0.136. The third-order valence-electron chi connectivity index (χ3n) is 2.87. The molecule has 17 heavy (non-hydrogen) atoms. The van der Waals surface area contributed by atoms with Crippen LogP contribution in [0.2, 0.25) is 0 Å². The summed E-state index contributed by atoms with van der Waals surface area (Å²) in [6, 6.07) is 7.30. The van der Waals surface area contributed by atoms with E-state index in [4.69, 9.17) is 20.5 Å². The lowest BCUT2D eigenvalue weighted by molar-refractivity contribution is -0.0111. The molecule has 0 saturated carbocycles. The van der Waals surface area contributed by atoms with Crippen LogP contribution < -0.4 is 10.5 Å². The molecule has 1 unspecified atom stereocenters. The monoisotopic (exact) mass is 232 g/mol. The summed E-state index contributed by atoms with van der Waals surface area (Å²) >= 11 is 0. The van der Waals surface area contributed by atoms with Crippen LogP contribution in [0.4, 0.5) is 5.69 Å². The van der Waals surface area contributed by atoms with Crippen molar-refractivity contribution in [1.29, 1.82) is 5.26 Å². The lowest BCUT2D eigenvalue weighted by atomic mass is 10.1. The quantitative estimate of drug-likeness (QED) is 0.810. The molecule has 1 aromatic carbocycles. The van der Waals surface area contributed by atoms with Gasteiger partial charge in [-0.3, -0.25) is 0 Å². The van der Waals surface area contributed by atoms with Crippen LogP contribution in [0.3, 0.4) is 0 Å². The molecule has 0 aliphatic carbocycles. The number of nitrogens with zero attached hydrogens (tertiary/aromatic N) is 1. The normalized spacial score (nSPS) is 19.6. The van der Waals surface area contributed by atoms with Crippen LogP contribution in [-0.2, 0) is 4.74 Å². The van der Waals surface area contributed by atoms with Crippen LogP contribution >= 0.6 is 0 Å². The van der Waals surface area contributed by atoms with Gasteiger partial charge in [0, 0.05) is 6.61 Å². The minimum atomic E-state index is 0.136. The molecule has 1 heterocycles. The van der Waals surface area contributed by atoms with E-state index in [9.17, 15) is 0 Å². The highest BCUT2D eigenvalue weighted by Crippen LogP contribution is 2.24. The number of nitrogens with two attached hydrogens (primary N) is 1. The van der Waals surface area contributed by atoms with Gasteiger partial charge in [-0.05, 0) is 31.4 Å². The van der Waals surface area contributed by atoms with Crippen LogP contribution in [-0.4, -0.2) is 19.3 Å². The van der Waals surface area contributed by atoms with Gasteiger partial charge < -0.3 is 15.2 Å². The van der Waals surface area contributed by atoms with Crippen molar-refractivity contribution in [1.82, 2.24) is 0 Å². The van der Waals surface area contributed by atoms with Crippen molar-refractivity contribution in [2.24, 2.45) is 0 Å². The van der Waals surface area contributed by atoms with E-state index in [0.29, 0.717) is 23.6 Å². The highest BCUT2D eigenvalue weighted by atomic mass is 16.5. The second kappa shape index (κ2) is 5.55. The molecular weight excluding hydrogens is 216 g/mol. The Bertz CT molecular complexity index is 420. The molecule has 4 nitrogen and oxygen atoms in total. The Balaban J connectivity index is 1.99. The first-order chi connectivity index (χ1) is 8.31. The standard InChI is InChI=1S/C13H16N2O2/c14-8-11-12(15)5-3-6-13(11)17-9-10-4-1-2-7-16-10/h3,5-6,10H,1-2,4,7,9,15H2. The van der Waals surface area contributed by atoms with Gasteiger partial charge in [-0.1, -0.05) is 6.07 Å². The molecular formula is C13H16N2O2. The van der Waals surface area contributed by atoms with Crippen molar-refractivity contribution in [2.45, 2.75) is 25.4 Å². The molecule has 2 rings (SSSR count). The smallest absolute Gasteiger partial charge is 0.139 e. The molecule has 1 saturated heterocycles. The van der Waals surface area contributed by atoms with Crippen molar-refractivity contribution in [3.05, 3.63) is 23.8 Å². The minimum Gasteiger partial charge on any atom is -0.489 e.